The van der Waals surface area contributed by atoms with Crippen molar-refractivity contribution in [3.05, 3.63) is 23.8 Å². The highest BCUT2D eigenvalue weighted by Gasteiger charge is 2.16. The molecule has 0 fully saturated rings. The molecule has 1 aliphatic rings. The van der Waals surface area contributed by atoms with Crippen LogP contribution in [-0.2, 0) is 0 Å². The summed E-state index contributed by atoms with van der Waals surface area (Å²) in [6.07, 6.45) is 1.13. The van der Waals surface area contributed by atoms with E-state index in [1.54, 1.807) is 0 Å². The van der Waals surface area contributed by atoms with E-state index in [2.05, 4.69) is 35.0 Å². The van der Waals surface area contributed by atoms with Gasteiger partial charge in [-0.15, -0.1) is 0 Å². The molecule has 0 aliphatic carbocycles. The second kappa shape index (κ2) is 4.22. The standard InChI is InChI=1S/C11H13BrO2/c1-2-8(6-12)9-3-4-10-11(5-9)14-7-13-10/h3-5,8H,2,6-7H2,1H3. The minimum atomic E-state index is 0.351. The highest BCUT2D eigenvalue weighted by molar-refractivity contribution is 9.09. The average Bonchev–Trinajstić information content (AvgIpc) is 2.66. The maximum atomic E-state index is 5.34. The smallest absolute Gasteiger partial charge is 0.231 e. The Kier molecular flexibility index (Phi) is 2.96. The Bertz CT molecular complexity index is 321. The molecule has 0 aromatic heterocycles. The van der Waals surface area contributed by atoms with Crippen LogP contribution in [0.4, 0.5) is 0 Å². The van der Waals surface area contributed by atoms with Crippen molar-refractivity contribution in [3.63, 3.8) is 0 Å². The summed E-state index contributed by atoms with van der Waals surface area (Å²) in [5, 5.41) is 0.989. The minimum absolute atomic E-state index is 0.351. The molecule has 1 unspecified atom stereocenters. The first-order chi connectivity index (χ1) is 6.85. The number of alkyl halides is 1. The van der Waals surface area contributed by atoms with Crippen molar-refractivity contribution >= 4 is 15.9 Å². The van der Waals surface area contributed by atoms with Crippen molar-refractivity contribution in [3.8, 4) is 11.5 Å². The molecule has 1 atom stereocenters. The van der Waals surface area contributed by atoms with Crippen molar-refractivity contribution in [1.29, 1.82) is 0 Å². The maximum Gasteiger partial charge on any atom is 0.231 e. The first kappa shape index (κ1) is 9.84. The monoisotopic (exact) mass is 256 g/mol. The van der Waals surface area contributed by atoms with E-state index in [1.807, 2.05) is 6.07 Å². The number of hydrogen-bond acceptors (Lipinski definition) is 2. The van der Waals surface area contributed by atoms with E-state index in [-0.39, 0.29) is 0 Å². The Hall–Kier alpha value is -0.700. The Morgan fingerprint density at radius 3 is 2.86 bits per heavy atom. The zero-order chi connectivity index (χ0) is 9.97. The SMILES string of the molecule is CCC(CBr)c1ccc2c(c1)OCO2. The summed E-state index contributed by atoms with van der Waals surface area (Å²) >= 11 is 3.52. The third kappa shape index (κ3) is 1.73. The third-order valence-corrected chi connectivity index (χ3v) is 3.33. The van der Waals surface area contributed by atoms with Gasteiger partial charge in [-0.3, -0.25) is 0 Å². The van der Waals surface area contributed by atoms with Gasteiger partial charge in [0.25, 0.3) is 0 Å². The molecule has 1 aromatic rings. The lowest BCUT2D eigenvalue weighted by atomic mass is 9.98. The highest BCUT2D eigenvalue weighted by atomic mass is 79.9. The zero-order valence-corrected chi connectivity index (χ0v) is 9.71. The van der Waals surface area contributed by atoms with Crippen molar-refractivity contribution in [2.45, 2.75) is 19.3 Å². The maximum absolute atomic E-state index is 5.34. The zero-order valence-electron chi connectivity index (χ0n) is 8.13. The molecule has 14 heavy (non-hydrogen) atoms. The summed E-state index contributed by atoms with van der Waals surface area (Å²) in [6, 6.07) is 6.18. The van der Waals surface area contributed by atoms with Gasteiger partial charge in [-0.05, 0) is 30.0 Å². The molecule has 1 heterocycles. The quantitative estimate of drug-likeness (QED) is 0.773. The molecule has 1 aromatic carbocycles. The fraction of sp³-hybridized carbons (Fsp3) is 0.455. The van der Waals surface area contributed by atoms with E-state index in [1.165, 1.54) is 5.56 Å². The van der Waals surface area contributed by atoms with Gasteiger partial charge in [0.15, 0.2) is 11.5 Å². The van der Waals surface area contributed by atoms with Crippen LogP contribution in [0.3, 0.4) is 0 Å². The van der Waals surface area contributed by atoms with Crippen LogP contribution in [0.5, 0.6) is 11.5 Å². The molecule has 0 N–H and O–H groups in total. The van der Waals surface area contributed by atoms with Crippen LogP contribution < -0.4 is 9.47 Å². The van der Waals surface area contributed by atoms with Crippen LogP contribution in [0.25, 0.3) is 0 Å². The molecule has 0 amide bonds. The number of hydrogen-bond donors (Lipinski definition) is 0. The third-order valence-electron chi connectivity index (χ3n) is 2.55. The van der Waals surface area contributed by atoms with E-state index in [4.69, 9.17) is 9.47 Å². The molecule has 0 saturated heterocycles. The number of halogens is 1. The Balaban J connectivity index is 2.27. The second-order valence-electron chi connectivity index (χ2n) is 3.37. The molecule has 1 aliphatic heterocycles. The fourth-order valence-corrected chi connectivity index (χ4v) is 2.43. The Morgan fingerprint density at radius 1 is 1.36 bits per heavy atom. The first-order valence-corrected chi connectivity index (χ1v) is 5.92. The number of fused-ring (bicyclic) bond motifs is 1. The molecule has 2 nitrogen and oxygen atoms in total. The van der Waals surface area contributed by atoms with Crippen molar-refractivity contribution < 1.29 is 9.47 Å². The lowest BCUT2D eigenvalue weighted by Crippen LogP contribution is -1.98. The van der Waals surface area contributed by atoms with Crippen molar-refractivity contribution in [2.24, 2.45) is 0 Å². The molecule has 2 rings (SSSR count). The van der Waals surface area contributed by atoms with E-state index < -0.39 is 0 Å². The van der Waals surface area contributed by atoms with Gasteiger partial charge in [0, 0.05) is 5.33 Å². The van der Waals surface area contributed by atoms with Gasteiger partial charge in [0.2, 0.25) is 6.79 Å². The summed E-state index contributed by atoms with van der Waals surface area (Å²) in [6.45, 7) is 2.54. The predicted molar refractivity (Wildman–Crippen MR) is 59.4 cm³/mol. The number of benzene rings is 1. The lowest BCUT2D eigenvalue weighted by molar-refractivity contribution is 0.174. The lowest BCUT2D eigenvalue weighted by Gasteiger charge is -2.11. The molecular formula is C11H13BrO2. The van der Waals surface area contributed by atoms with Crippen LogP contribution in [-0.4, -0.2) is 12.1 Å². The fourth-order valence-electron chi connectivity index (χ4n) is 1.60. The van der Waals surface area contributed by atoms with Gasteiger partial charge < -0.3 is 9.47 Å². The van der Waals surface area contributed by atoms with Gasteiger partial charge in [-0.25, -0.2) is 0 Å². The Morgan fingerprint density at radius 2 is 2.14 bits per heavy atom. The van der Waals surface area contributed by atoms with Gasteiger partial charge in [-0.1, -0.05) is 28.9 Å². The molecule has 0 radical (unpaired) electrons. The van der Waals surface area contributed by atoms with E-state index >= 15 is 0 Å². The van der Waals surface area contributed by atoms with Gasteiger partial charge in [0.05, 0.1) is 0 Å². The number of rotatable bonds is 3. The molecule has 0 bridgehead atoms. The van der Waals surface area contributed by atoms with Crippen LogP contribution in [0.1, 0.15) is 24.8 Å². The molecule has 3 heteroatoms. The minimum Gasteiger partial charge on any atom is -0.454 e. The normalized spacial score (nSPS) is 15.6. The topological polar surface area (TPSA) is 18.5 Å². The summed E-state index contributed by atoms with van der Waals surface area (Å²) in [7, 11) is 0. The van der Waals surface area contributed by atoms with Crippen LogP contribution >= 0.6 is 15.9 Å². The number of ether oxygens (including phenoxy) is 2. The predicted octanol–water partition coefficient (Wildman–Crippen LogP) is 3.30. The van der Waals surface area contributed by atoms with Crippen LogP contribution in [0.15, 0.2) is 18.2 Å². The van der Waals surface area contributed by atoms with Gasteiger partial charge in [-0.2, -0.15) is 0 Å². The van der Waals surface area contributed by atoms with E-state index in [0.29, 0.717) is 12.7 Å². The van der Waals surface area contributed by atoms with Gasteiger partial charge in [0.1, 0.15) is 0 Å². The van der Waals surface area contributed by atoms with Crippen molar-refractivity contribution in [2.75, 3.05) is 12.1 Å². The Labute approximate surface area is 92.3 Å². The van der Waals surface area contributed by atoms with E-state index in [9.17, 15) is 0 Å². The molecule has 0 saturated carbocycles. The molecular weight excluding hydrogens is 244 g/mol. The summed E-state index contributed by atoms with van der Waals surface area (Å²) in [5.74, 6) is 2.30. The summed E-state index contributed by atoms with van der Waals surface area (Å²) < 4.78 is 10.6. The highest BCUT2D eigenvalue weighted by Crippen LogP contribution is 2.35. The summed E-state index contributed by atoms with van der Waals surface area (Å²) in [4.78, 5) is 0. The van der Waals surface area contributed by atoms with E-state index in [0.717, 1.165) is 23.2 Å². The summed E-state index contributed by atoms with van der Waals surface area (Å²) in [5.41, 5.74) is 1.31. The van der Waals surface area contributed by atoms with Gasteiger partial charge >= 0.3 is 0 Å². The van der Waals surface area contributed by atoms with Crippen LogP contribution in [0.2, 0.25) is 0 Å². The second-order valence-corrected chi connectivity index (χ2v) is 4.02. The van der Waals surface area contributed by atoms with Crippen LogP contribution in [0, 0.1) is 0 Å². The molecule has 76 valence electrons. The average molecular weight is 257 g/mol. The molecule has 0 spiro atoms. The first-order valence-electron chi connectivity index (χ1n) is 4.80. The largest absolute Gasteiger partial charge is 0.454 e. The van der Waals surface area contributed by atoms with Crippen molar-refractivity contribution in [1.82, 2.24) is 0 Å².